The second-order valence-corrected chi connectivity index (χ2v) is 3.42. The van der Waals surface area contributed by atoms with Crippen LogP contribution in [0.1, 0.15) is 0 Å². The lowest BCUT2D eigenvalue weighted by molar-refractivity contribution is 0.0260. The van der Waals surface area contributed by atoms with Gasteiger partial charge in [-0.1, -0.05) is 0 Å². The molecule has 4 amide bonds. The largest absolute Gasteiger partial charge is 0.376 e. The van der Waals surface area contributed by atoms with Crippen molar-refractivity contribution in [3.63, 3.8) is 0 Å². The van der Waals surface area contributed by atoms with Gasteiger partial charge >= 0.3 is 12.1 Å². The summed E-state index contributed by atoms with van der Waals surface area (Å²) in [5, 5.41) is 29.5. The minimum Gasteiger partial charge on any atom is -0.376 e. The fraction of sp³-hybridized carbons (Fsp3) is 0.714. The Morgan fingerprint density at radius 1 is 1.00 bits per heavy atom. The summed E-state index contributed by atoms with van der Waals surface area (Å²) < 4.78 is 0. The van der Waals surface area contributed by atoms with Gasteiger partial charge in [0.15, 0.2) is 6.17 Å². The molecule has 0 radical (unpaired) electrons. The van der Waals surface area contributed by atoms with E-state index in [0.29, 0.717) is 0 Å². The molecule has 0 aliphatic carbocycles. The quantitative estimate of drug-likeness (QED) is 0.421. The molecule has 2 aliphatic heterocycles. The van der Waals surface area contributed by atoms with Gasteiger partial charge in [0.05, 0.1) is 0 Å². The molecule has 9 heteroatoms. The van der Waals surface area contributed by atoms with E-state index in [4.69, 9.17) is 15.3 Å². The first kappa shape index (κ1) is 10.9. The van der Waals surface area contributed by atoms with Gasteiger partial charge in [-0.15, -0.1) is 0 Å². The van der Waals surface area contributed by atoms with Crippen molar-refractivity contribution in [1.82, 2.24) is 20.0 Å². The first-order valence-corrected chi connectivity index (χ1v) is 4.62. The average Bonchev–Trinajstić information content (AvgIpc) is 2.70. The van der Waals surface area contributed by atoms with Crippen molar-refractivity contribution in [2.24, 2.45) is 0 Å². The van der Waals surface area contributed by atoms with Crippen LogP contribution in [0.25, 0.3) is 0 Å². The van der Waals surface area contributed by atoms with Crippen LogP contribution in [0.15, 0.2) is 0 Å². The van der Waals surface area contributed by atoms with Crippen LogP contribution in [-0.4, -0.2) is 74.6 Å². The third-order valence-electron chi connectivity index (χ3n) is 2.74. The summed E-state index contributed by atoms with van der Waals surface area (Å²) in [6.07, 6.45) is -1.56. The van der Waals surface area contributed by atoms with Crippen molar-refractivity contribution >= 4 is 12.1 Å². The molecule has 0 aromatic rings. The number of amides is 4. The van der Waals surface area contributed by atoms with E-state index in [1.807, 2.05) is 0 Å². The summed E-state index contributed by atoms with van der Waals surface area (Å²) in [6, 6.07) is -1.15. The molecule has 2 aliphatic rings. The highest BCUT2D eigenvalue weighted by Gasteiger charge is 2.54. The standard InChI is InChI=1S/C7H12N4O5/c12-1-9-4-5(11(3-14)7(9)16)10(2-13)6(15)8-4/h4-5,12-14H,1-3H2,(H,8,15). The maximum absolute atomic E-state index is 11.6. The van der Waals surface area contributed by atoms with Crippen LogP contribution >= 0.6 is 0 Å². The van der Waals surface area contributed by atoms with Crippen molar-refractivity contribution in [3.8, 4) is 0 Å². The molecule has 9 nitrogen and oxygen atoms in total. The Balaban J connectivity index is 2.31. The van der Waals surface area contributed by atoms with E-state index in [9.17, 15) is 9.59 Å². The van der Waals surface area contributed by atoms with E-state index >= 15 is 0 Å². The lowest BCUT2D eigenvalue weighted by atomic mass is 10.4. The molecule has 0 aromatic carbocycles. The van der Waals surface area contributed by atoms with Gasteiger partial charge < -0.3 is 20.6 Å². The molecule has 0 bridgehead atoms. The van der Waals surface area contributed by atoms with Gasteiger partial charge in [-0.3, -0.25) is 14.7 Å². The summed E-state index contributed by atoms with van der Waals surface area (Å²) in [5.74, 6) is 0. The molecular formula is C7H12N4O5. The van der Waals surface area contributed by atoms with E-state index in [0.717, 1.165) is 14.7 Å². The molecule has 2 unspecified atom stereocenters. The zero-order valence-electron chi connectivity index (χ0n) is 8.28. The minimum absolute atomic E-state index is 0.554. The topological polar surface area (TPSA) is 117 Å². The molecule has 4 N–H and O–H groups in total. The van der Waals surface area contributed by atoms with Crippen molar-refractivity contribution in [2.75, 3.05) is 20.2 Å². The average molecular weight is 232 g/mol. The van der Waals surface area contributed by atoms with Gasteiger partial charge in [0.2, 0.25) is 0 Å². The molecule has 0 saturated carbocycles. The van der Waals surface area contributed by atoms with E-state index in [-0.39, 0.29) is 0 Å². The van der Waals surface area contributed by atoms with Crippen LogP contribution in [-0.2, 0) is 0 Å². The summed E-state index contributed by atoms with van der Waals surface area (Å²) in [7, 11) is 0. The number of nitrogens with zero attached hydrogens (tertiary/aromatic N) is 3. The molecular weight excluding hydrogens is 220 g/mol. The van der Waals surface area contributed by atoms with Crippen LogP contribution in [0.4, 0.5) is 9.59 Å². The normalized spacial score (nSPS) is 28.8. The number of hydrogen-bond acceptors (Lipinski definition) is 5. The van der Waals surface area contributed by atoms with Crippen LogP contribution in [0.5, 0.6) is 0 Å². The number of rotatable bonds is 3. The Kier molecular flexibility index (Phi) is 2.58. The third kappa shape index (κ3) is 1.22. The van der Waals surface area contributed by atoms with Crippen LogP contribution in [0.3, 0.4) is 0 Å². The number of urea groups is 2. The van der Waals surface area contributed by atoms with Crippen LogP contribution in [0, 0.1) is 0 Å². The van der Waals surface area contributed by atoms with Crippen molar-refractivity contribution < 1.29 is 24.9 Å². The van der Waals surface area contributed by atoms with Gasteiger partial charge in [0.25, 0.3) is 0 Å². The molecule has 0 spiro atoms. The summed E-state index contributed by atoms with van der Waals surface area (Å²) >= 11 is 0. The Bertz CT molecular complexity index is 322. The second kappa shape index (κ2) is 3.77. The van der Waals surface area contributed by atoms with Crippen molar-refractivity contribution in [1.29, 1.82) is 0 Å². The molecule has 2 atom stereocenters. The predicted molar refractivity (Wildman–Crippen MR) is 48.3 cm³/mol. The Morgan fingerprint density at radius 3 is 2.06 bits per heavy atom. The number of nitrogens with one attached hydrogen (secondary N) is 1. The summed E-state index contributed by atoms with van der Waals surface area (Å²) in [5.41, 5.74) is 0. The highest BCUT2D eigenvalue weighted by molar-refractivity contribution is 5.84. The van der Waals surface area contributed by atoms with Crippen LogP contribution < -0.4 is 5.32 Å². The lowest BCUT2D eigenvalue weighted by Crippen LogP contribution is -2.47. The van der Waals surface area contributed by atoms with Crippen LogP contribution in [0.2, 0.25) is 0 Å². The monoisotopic (exact) mass is 232 g/mol. The molecule has 2 rings (SSSR count). The number of aliphatic hydroxyl groups excluding tert-OH is 3. The maximum Gasteiger partial charge on any atom is 0.327 e. The molecule has 0 aromatic heterocycles. The fourth-order valence-electron chi connectivity index (χ4n) is 1.99. The number of aliphatic hydroxyl groups is 3. The zero-order chi connectivity index (χ0) is 11.9. The number of carbonyl (C=O) groups is 2. The molecule has 2 heterocycles. The number of fused-ring (bicyclic) bond motifs is 1. The fourth-order valence-corrected chi connectivity index (χ4v) is 1.99. The molecule has 2 fully saturated rings. The Hall–Kier alpha value is -1.58. The zero-order valence-corrected chi connectivity index (χ0v) is 8.28. The first-order valence-electron chi connectivity index (χ1n) is 4.62. The minimum atomic E-state index is -0.804. The Labute approximate surface area is 90.5 Å². The second-order valence-electron chi connectivity index (χ2n) is 3.42. The predicted octanol–water partition coefficient (Wildman–Crippen LogP) is -2.75. The maximum atomic E-state index is 11.6. The third-order valence-corrected chi connectivity index (χ3v) is 2.74. The SMILES string of the molecule is O=C1NC2C(N1CO)N(CO)C(=O)N2CO. The number of hydrogen-bond donors (Lipinski definition) is 4. The highest BCUT2D eigenvalue weighted by Crippen LogP contribution is 2.27. The lowest BCUT2D eigenvalue weighted by Gasteiger charge is -2.25. The Morgan fingerprint density at radius 2 is 1.56 bits per heavy atom. The van der Waals surface area contributed by atoms with E-state index < -0.39 is 44.6 Å². The smallest absolute Gasteiger partial charge is 0.327 e. The van der Waals surface area contributed by atoms with Gasteiger partial charge in [-0.2, -0.15) is 0 Å². The van der Waals surface area contributed by atoms with Gasteiger partial charge in [-0.25, -0.2) is 9.59 Å². The van der Waals surface area contributed by atoms with E-state index in [2.05, 4.69) is 5.32 Å². The summed E-state index contributed by atoms with van der Waals surface area (Å²) in [4.78, 5) is 26.0. The molecule has 16 heavy (non-hydrogen) atoms. The summed E-state index contributed by atoms with van der Waals surface area (Å²) in [6.45, 7) is -1.74. The van der Waals surface area contributed by atoms with Gasteiger partial charge in [0.1, 0.15) is 26.4 Å². The van der Waals surface area contributed by atoms with E-state index in [1.54, 1.807) is 0 Å². The molecule has 2 saturated heterocycles. The highest BCUT2D eigenvalue weighted by atomic mass is 16.3. The van der Waals surface area contributed by atoms with Gasteiger partial charge in [-0.05, 0) is 0 Å². The first-order chi connectivity index (χ1) is 7.65. The van der Waals surface area contributed by atoms with Gasteiger partial charge in [0, 0.05) is 0 Å². The van der Waals surface area contributed by atoms with Crippen molar-refractivity contribution in [3.05, 3.63) is 0 Å². The number of carbonyl (C=O) groups excluding carboxylic acids is 2. The van der Waals surface area contributed by atoms with Crippen molar-refractivity contribution in [2.45, 2.75) is 12.3 Å². The van der Waals surface area contributed by atoms with E-state index in [1.165, 1.54) is 0 Å². The molecule has 90 valence electrons.